The molecule has 1 aliphatic carbocycles. The van der Waals surface area contributed by atoms with Crippen LogP contribution in [0.15, 0.2) is 0 Å². The Morgan fingerprint density at radius 2 is 2.06 bits per heavy atom. The number of nitrogens with two attached hydrogens (primary N) is 1. The summed E-state index contributed by atoms with van der Waals surface area (Å²) in [6.45, 7) is 1.84. The Morgan fingerprint density at radius 1 is 1.35 bits per heavy atom. The van der Waals surface area contributed by atoms with Crippen LogP contribution < -0.4 is 5.73 Å². The molecule has 1 amide bonds. The summed E-state index contributed by atoms with van der Waals surface area (Å²) in [5, 5.41) is 9.46. The van der Waals surface area contributed by atoms with E-state index in [1.807, 2.05) is 0 Å². The third-order valence-electron chi connectivity index (χ3n) is 4.39. The standard InChI is InChI=1S/C13H24N2O2/c14-10-13(5-2-1-3-6-13)8-12(17)15-7-4-11(16)9-15/h11,16H,1-10,14H2/t11-/m1/s1. The van der Waals surface area contributed by atoms with E-state index >= 15 is 0 Å². The normalized spacial score (nSPS) is 28.4. The number of aliphatic hydroxyl groups excluding tert-OH is 1. The Bertz CT molecular complexity index is 275. The molecule has 2 fully saturated rings. The van der Waals surface area contributed by atoms with Crippen molar-refractivity contribution in [1.82, 2.24) is 4.90 Å². The number of nitrogens with zero attached hydrogens (tertiary/aromatic N) is 1. The average Bonchev–Trinajstić information content (AvgIpc) is 2.77. The van der Waals surface area contributed by atoms with Gasteiger partial charge in [0.25, 0.3) is 0 Å². The topological polar surface area (TPSA) is 66.6 Å². The first-order valence-corrected chi connectivity index (χ1v) is 6.81. The van der Waals surface area contributed by atoms with Crippen LogP contribution in [0.5, 0.6) is 0 Å². The van der Waals surface area contributed by atoms with Gasteiger partial charge in [0.2, 0.25) is 5.91 Å². The lowest BCUT2D eigenvalue weighted by molar-refractivity contribution is -0.133. The van der Waals surface area contributed by atoms with E-state index in [0.717, 1.165) is 19.3 Å². The van der Waals surface area contributed by atoms with E-state index in [9.17, 15) is 9.90 Å². The van der Waals surface area contributed by atoms with Gasteiger partial charge in [0, 0.05) is 19.5 Å². The largest absolute Gasteiger partial charge is 0.391 e. The number of amides is 1. The quantitative estimate of drug-likeness (QED) is 0.769. The van der Waals surface area contributed by atoms with Gasteiger partial charge in [-0.05, 0) is 31.2 Å². The monoisotopic (exact) mass is 240 g/mol. The second-order valence-corrected chi connectivity index (χ2v) is 5.72. The molecule has 0 aromatic carbocycles. The van der Waals surface area contributed by atoms with E-state index in [4.69, 9.17) is 5.73 Å². The molecule has 1 atom stereocenters. The van der Waals surface area contributed by atoms with Crippen LogP contribution in [0.25, 0.3) is 0 Å². The van der Waals surface area contributed by atoms with Gasteiger partial charge in [-0.1, -0.05) is 19.3 Å². The molecule has 4 heteroatoms. The second-order valence-electron chi connectivity index (χ2n) is 5.72. The highest BCUT2D eigenvalue weighted by Gasteiger charge is 2.35. The summed E-state index contributed by atoms with van der Waals surface area (Å²) >= 11 is 0. The molecule has 1 saturated carbocycles. The van der Waals surface area contributed by atoms with Gasteiger partial charge in [0.15, 0.2) is 0 Å². The summed E-state index contributed by atoms with van der Waals surface area (Å²) in [6.07, 6.45) is 6.84. The third-order valence-corrected chi connectivity index (χ3v) is 4.39. The van der Waals surface area contributed by atoms with E-state index in [1.165, 1.54) is 19.3 Å². The number of hydrogen-bond donors (Lipinski definition) is 2. The fraction of sp³-hybridized carbons (Fsp3) is 0.923. The predicted octanol–water partition coefficient (Wildman–Crippen LogP) is 0.879. The van der Waals surface area contributed by atoms with Crippen molar-refractivity contribution < 1.29 is 9.90 Å². The number of aliphatic hydroxyl groups is 1. The number of carbonyl (C=O) groups excluding carboxylic acids is 1. The van der Waals surface area contributed by atoms with Crippen LogP contribution in [0.1, 0.15) is 44.9 Å². The van der Waals surface area contributed by atoms with Crippen LogP contribution in [0.4, 0.5) is 0 Å². The number of β-amino-alcohol motifs (C(OH)–C–C–N with tert-alkyl or cyclic N) is 1. The van der Waals surface area contributed by atoms with E-state index in [0.29, 0.717) is 26.1 Å². The maximum atomic E-state index is 12.2. The summed E-state index contributed by atoms with van der Waals surface area (Å²) < 4.78 is 0. The highest BCUT2D eigenvalue weighted by molar-refractivity contribution is 5.77. The predicted molar refractivity (Wildman–Crippen MR) is 66.4 cm³/mol. The fourth-order valence-electron chi connectivity index (χ4n) is 3.16. The number of hydrogen-bond acceptors (Lipinski definition) is 3. The van der Waals surface area contributed by atoms with Gasteiger partial charge in [-0.3, -0.25) is 4.79 Å². The van der Waals surface area contributed by atoms with Crippen LogP contribution in [0, 0.1) is 5.41 Å². The van der Waals surface area contributed by atoms with E-state index in [2.05, 4.69) is 0 Å². The Morgan fingerprint density at radius 3 is 2.59 bits per heavy atom. The molecular formula is C13H24N2O2. The van der Waals surface area contributed by atoms with Crippen molar-refractivity contribution in [3.05, 3.63) is 0 Å². The van der Waals surface area contributed by atoms with Crippen molar-refractivity contribution >= 4 is 5.91 Å². The zero-order valence-electron chi connectivity index (χ0n) is 10.5. The minimum atomic E-state index is -0.320. The molecule has 0 aromatic rings. The molecule has 17 heavy (non-hydrogen) atoms. The molecule has 3 N–H and O–H groups in total. The Kier molecular flexibility index (Phi) is 4.05. The minimum Gasteiger partial charge on any atom is -0.391 e. The van der Waals surface area contributed by atoms with Gasteiger partial charge in [-0.2, -0.15) is 0 Å². The molecule has 0 aromatic heterocycles. The Hall–Kier alpha value is -0.610. The molecule has 0 unspecified atom stereocenters. The maximum Gasteiger partial charge on any atom is 0.223 e. The van der Waals surface area contributed by atoms with Crippen LogP contribution >= 0.6 is 0 Å². The summed E-state index contributed by atoms with van der Waals surface area (Å²) in [7, 11) is 0. The summed E-state index contributed by atoms with van der Waals surface area (Å²) in [5.74, 6) is 0.189. The van der Waals surface area contributed by atoms with Crippen molar-refractivity contribution in [1.29, 1.82) is 0 Å². The maximum absolute atomic E-state index is 12.2. The van der Waals surface area contributed by atoms with Crippen molar-refractivity contribution in [3.63, 3.8) is 0 Å². The van der Waals surface area contributed by atoms with Crippen molar-refractivity contribution in [2.45, 2.75) is 51.0 Å². The van der Waals surface area contributed by atoms with E-state index in [1.54, 1.807) is 4.90 Å². The fourth-order valence-corrected chi connectivity index (χ4v) is 3.16. The molecule has 2 rings (SSSR count). The number of rotatable bonds is 3. The molecule has 98 valence electrons. The molecule has 4 nitrogen and oxygen atoms in total. The van der Waals surface area contributed by atoms with Gasteiger partial charge in [-0.25, -0.2) is 0 Å². The highest BCUT2D eigenvalue weighted by Crippen LogP contribution is 2.39. The molecule has 0 spiro atoms. The highest BCUT2D eigenvalue weighted by atomic mass is 16.3. The zero-order chi connectivity index (χ0) is 12.3. The van der Waals surface area contributed by atoms with E-state index in [-0.39, 0.29) is 17.4 Å². The molecule has 1 heterocycles. The number of carbonyl (C=O) groups is 1. The average molecular weight is 240 g/mol. The van der Waals surface area contributed by atoms with E-state index < -0.39 is 0 Å². The first-order valence-electron chi connectivity index (χ1n) is 6.81. The lowest BCUT2D eigenvalue weighted by Gasteiger charge is -2.36. The Balaban J connectivity index is 1.91. The van der Waals surface area contributed by atoms with Gasteiger partial charge >= 0.3 is 0 Å². The number of likely N-dealkylation sites (tertiary alicyclic amines) is 1. The third kappa shape index (κ3) is 2.99. The molecular weight excluding hydrogens is 216 g/mol. The van der Waals surface area contributed by atoms with Crippen molar-refractivity contribution in [2.75, 3.05) is 19.6 Å². The minimum absolute atomic E-state index is 0.0445. The van der Waals surface area contributed by atoms with Crippen LogP contribution in [0.3, 0.4) is 0 Å². The van der Waals surface area contributed by atoms with Crippen molar-refractivity contribution in [2.24, 2.45) is 11.1 Å². The molecule has 2 aliphatic rings. The molecule has 0 radical (unpaired) electrons. The van der Waals surface area contributed by atoms with Crippen LogP contribution in [-0.4, -0.2) is 41.7 Å². The first-order chi connectivity index (χ1) is 8.15. The van der Waals surface area contributed by atoms with Gasteiger partial charge in [-0.15, -0.1) is 0 Å². The second kappa shape index (κ2) is 5.36. The van der Waals surface area contributed by atoms with Crippen LogP contribution in [0.2, 0.25) is 0 Å². The lowest BCUT2D eigenvalue weighted by atomic mass is 9.71. The first kappa shape index (κ1) is 12.8. The van der Waals surface area contributed by atoms with Gasteiger partial charge in [0.1, 0.15) is 0 Å². The summed E-state index contributed by atoms with van der Waals surface area (Å²) in [6, 6.07) is 0. The molecule has 1 aliphatic heterocycles. The SMILES string of the molecule is NCC1(CC(=O)N2CC[C@@H](O)C2)CCCCC1. The summed E-state index contributed by atoms with van der Waals surface area (Å²) in [5.41, 5.74) is 5.94. The Labute approximate surface area is 103 Å². The van der Waals surface area contributed by atoms with Crippen LogP contribution in [-0.2, 0) is 4.79 Å². The molecule has 0 bridgehead atoms. The van der Waals surface area contributed by atoms with Gasteiger partial charge in [0.05, 0.1) is 6.10 Å². The zero-order valence-corrected chi connectivity index (χ0v) is 10.5. The smallest absolute Gasteiger partial charge is 0.223 e. The van der Waals surface area contributed by atoms with Crippen molar-refractivity contribution in [3.8, 4) is 0 Å². The van der Waals surface area contributed by atoms with Gasteiger partial charge < -0.3 is 15.7 Å². The summed E-state index contributed by atoms with van der Waals surface area (Å²) in [4.78, 5) is 14.0. The lowest BCUT2D eigenvalue weighted by Crippen LogP contribution is -2.40. The molecule has 1 saturated heterocycles.